The highest BCUT2D eigenvalue weighted by molar-refractivity contribution is 5.98. The van der Waals surface area contributed by atoms with Gasteiger partial charge in [-0.3, -0.25) is 4.79 Å². The van der Waals surface area contributed by atoms with Gasteiger partial charge in [-0.2, -0.15) is 0 Å². The Morgan fingerprint density at radius 1 is 1.27 bits per heavy atom. The van der Waals surface area contributed by atoms with E-state index in [1.165, 1.54) is 11.3 Å². The number of aliphatic imine (C=N–C) groups is 1. The zero-order valence-corrected chi connectivity index (χ0v) is 15.8. The second-order valence-electron chi connectivity index (χ2n) is 6.56. The van der Waals surface area contributed by atoms with Crippen LogP contribution >= 0.6 is 0 Å². The lowest BCUT2D eigenvalue weighted by molar-refractivity contribution is -0.117. The zero-order chi connectivity index (χ0) is 18.5. The van der Waals surface area contributed by atoms with Gasteiger partial charge in [-0.15, -0.1) is 0 Å². The van der Waals surface area contributed by atoms with Crippen molar-refractivity contribution in [3.8, 4) is 0 Å². The number of guanidine groups is 1. The van der Waals surface area contributed by atoms with Crippen molar-refractivity contribution in [3.05, 3.63) is 53.9 Å². The number of carbonyl (C=O) groups excluding carboxylic acids is 1. The number of hydrogen-bond donors (Lipinski definition) is 1. The molecule has 0 spiro atoms. The van der Waals surface area contributed by atoms with Gasteiger partial charge in [0.05, 0.1) is 6.54 Å². The van der Waals surface area contributed by atoms with Crippen LogP contribution < -0.4 is 10.2 Å². The molecule has 1 aliphatic rings. The smallest absolute Gasteiger partial charge is 0.248 e. The van der Waals surface area contributed by atoms with Gasteiger partial charge in [-0.1, -0.05) is 18.2 Å². The lowest BCUT2D eigenvalue weighted by Gasteiger charge is -2.23. The number of anilines is 1. The van der Waals surface area contributed by atoms with E-state index in [2.05, 4.69) is 27.0 Å². The molecular weight excluding hydrogens is 326 g/mol. The number of para-hydroxylation sites is 1. The number of fused-ring (bicyclic) bond motifs is 1. The third-order valence-electron chi connectivity index (χ3n) is 4.70. The van der Waals surface area contributed by atoms with Crippen molar-refractivity contribution in [1.82, 2.24) is 14.8 Å². The number of rotatable bonds is 5. The molecule has 138 valence electrons. The molecule has 0 fully saturated rings. The first-order valence-electron chi connectivity index (χ1n) is 9.08. The third-order valence-corrected chi connectivity index (χ3v) is 4.70. The maximum Gasteiger partial charge on any atom is 0.248 e. The van der Waals surface area contributed by atoms with E-state index in [9.17, 15) is 4.79 Å². The molecule has 0 saturated carbocycles. The molecule has 0 radical (unpaired) electrons. The van der Waals surface area contributed by atoms with Gasteiger partial charge in [0.2, 0.25) is 5.91 Å². The number of aryl methyl sites for hydroxylation is 1. The minimum atomic E-state index is 0.0395. The van der Waals surface area contributed by atoms with Crippen LogP contribution in [0.4, 0.5) is 5.69 Å². The van der Waals surface area contributed by atoms with Gasteiger partial charge in [0.15, 0.2) is 5.96 Å². The SMILES string of the molecule is CCNC(=NCC(=O)N1CCc2ccccc21)N(C)Cc1cccn1C. The van der Waals surface area contributed by atoms with Gasteiger partial charge in [-0.05, 0) is 37.1 Å². The first-order valence-corrected chi connectivity index (χ1v) is 9.08. The van der Waals surface area contributed by atoms with E-state index in [4.69, 9.17) is 0 Å². The molecule has 3 rings (SSSR count). The third kappa shape index (κ3) is 3.90. The molecule has 0 unspecified atom stereocenters. The molecule has 0 atom stereocenters. The lowest BCUT2D eigenvalue weighted by Crippen LogP contribution is -2.40. The first-order chi connectivity index (χ1) is 12.6. The molecule has 26 heavy (non-hydrogen) atoms. The average Bonchev–Trinajstić information content (AvgIpc) is 3.24. The number of hydrogen-bond acceptors (Lipinski definition) is 2. The lowest BCUT2D eigenvalue weighted by atomic mass is 10.2. The molecule has 1 aliphatic heterocycles. The van der Waals surface area contributed by atoms with Crippen LogP contribution in [0.5, 0.6) is 0 Å². The van der Waals surface area contributed by atoms with Crippen molar-refractivity contribution in [2.45, 2.75) is 19.9 Å². The Hall–Kier alpha value is -2.76. The van der Waals surface area contributed by atoms with Crippen LogP contribution in [0.2, 0.25) is 0 Å². The van der Waals surface area contributed by atoms with Crippen LogP contribution in [-0.2, 0) is 24.8 Å². The van der Waals surface area contributed by atoms with Crippen LogP contribution in [0.25, 0.3) is 0 Å². The summed E-state index contributed by atoms with van der Waals surface area (Å²) in [6.07, 6.45) is 2.95. The minimum absolute atomic E-state index is 0.0395. The molecule has 2 aromatic rings. The standard InChI is InChI=1S/C20H27N5O/c1-4-21-20(24(3)15-17-9-7-12-23(17)2)22-14-19(26)25-13-11-16-8-5-6-10-18(16)25/h5-10,12H,4,11,13-15H2,1-3H3,(H,21,22). The van der Waals surface area contributed by atoms with Crippen molar-refractivity contribution in [2.75, 3.05) is 31.6 Å². The van der Waals surface area contributed by atoms with Gasteiger partial charge in [0.25, 0.3) is 0 Å². The Kier molecular flexibility index (Phi) is 5.61. The number of nitrogens with zero attached hydrogens (tertiary/aromatic N) is 4. The Morgan fingerprint density at radius 3 is 2.81 bits per heavy atom. The maximum absolute atomic E-state index is 12.7. The summed E-state index contributed by atoms with van der Waals surface area (Å²) in [5.41, 5.74) is 3.45. The second kappa shape index (κ2) is 8.08. The van der Waals surface area contributed by atoms with Crippen LogP contribution in [-0.4, -0.2) is 48.0 Å². The fourth-order valence-electron chi connectivity index (χ4n) is 3.27. The number of aromatic nitrogens is 1. The molecule has 6 heteroatoms. The van der Waals surface area contributed by atoms with E-state index in [-0.39, 0.29) is 12.5 Å². The number of nitrogens with one attached hydrogen (secondary N) is 1. The average molecular weight is 353 g/mol. The molecule has 2 heterocycles. The molecule has 1 amide bonds. The summed E-state index contributed by atoms with van der Waals surface area (Å²) in [6.45, 7) is 4.41. The van der Waals surface area contributed by atoms with Gasteiger partial charge in [0, 0.05) is 44.8 Å². The van der Waals surface area contributed by atoms with Crippen LogP contribution in [0.3, 0.4) is 0 Å². The molecular formula is C20H27N5O. The monoisotopic (exact) mass is 353 g/mol. The fraction of sp³-hybridized carbons (Fsp3) is 0.400. The van der Waals surface area contributed by atoms with Crippen molar-refractivity contribution in [3.63, 3.8) is 0 Å². The van der Waals surface area contributed by atoms with Crippen molar-refractivity contribution >= 4 is 17.6 Å². The fourth-order valence-corrected chi connectivity index (χ4v) is 3.27. The van der Waals surface area contributed by atoms with Gasteiger partial charge in [-0.25, -0.2) is 4.99 Å². The van der Waals surface area contributed by atoms with Crippen LogP contribution in [0.15, 0.2) is 47.6 Å². The Bertz CT molecular complexity index is 795. The molecule has 0 bridgehead atoms. The Labute approximate surface area is 155 Å². The summed E-state index contributed by atoms with van der Waals surface area (Å²) < 4.78 is 2.09. The van der Waals surface area contributed by atoms with E-state index in [0.717, 1.165) is 37.7 Å². The Balaban J connectivity index is 1.67. The highest BCUT2D eigenvalue weighted by atomic mass is 16.2. The quantitative estimate of drug-likeness (QED) is 0.661. The van der Waals surface area contributed by atoms with E-state index in [1.807, 2.05) is 61.3 Å². The summed E-state index contributed by atoms with van der Waals surface area (Å²) in [5.74, 6) is 0.784. The molecule has 0 saturated heterocycles. The van der Waals surface area contributed by atoms with Crippen LogP contribution in [0.1, 0.15) is 18.2 Å². The van der Waals surface area contributed by atoms with Crippen LogP contribution in [0, 0.1) is 0 Å². The highest BCUT2D eigenvalue weighted by Gasteiger charge is 2.23. The molecule has 6 nitrogen and oxygen atoms in total. The normalized spacial score (nSPS) is 13.7. The largest absolute Gasteiger partial charge is 0.357 e. The highest BCUT2D eigenvalue weighted by Crippen LogP contribution is 2.27. The predicted molar refractivity (Wildman–Crippen MR) is 105 cm³/mol. The molecule has 0 aliphatic carbocycles. The van der Waals surface area contributed by atoms with E-state index in [1.54, 1.807) is 0 Å². The zero-order valence-electron chi connectivity index (χ0n) is 15.8. The molecule has 1 aromatic carbocycles. The summed E-state index contributed by atoms with van der Waals surface area (Å²) in [5, 5.41) is 3.28. The minimum Gasteiger partial charge on any atom is -0.357 e. The van der Waals surface area contributed by atoms with Gasteiger partial charge < -0.3 is 19.7 Å². The van der Waals surface area contributed by atoms with Crippen molar-refractivity contribution < 1.29 is 4.79 Å². The summed E-state index contributed by atoms with van der Waals surface area (Å²) in [7, 11) is 4.02. The first kappa shape index (κ1) is 18.0. The van der Waals surface area contributed by atoms with E-state index < -0.39 is 0 Å². The summed E-state index contributed by atoms with van der Waals surface area (Å²) in [6, 6.07) is 12.2. The molecule has 1 aromatic heterocycles. The van der Waals surface area contributed by atoms with E-state index >= 15 is 0 Å². The van der Waals surface area contributed by atoms with Gasteiger partial charge in [0.1, 0.15) is 6.54 Å². The maximum atomic E-state index is 12.7. The van der Waals surface area contributed by atoms with Crippen molar-refractivity contribution in [2.24, 2.45) is 12.0 Å². The second-order valence-corrected chi connectivity index (χ2v) is 6.56. The number of benzene rings is 1. The number of amides is 1. The van der Waals surface area contributed by atoms with E-state index in [0.29, 0.717) is 0 Å². The summed E-state index contributed by atoms with van der Waals surface area (Å²) in [4.78, 5) is 21.1. The van der Waals surface area contributed by atoms with Crippen molar-refractivity contribution in [1.29, 1.82) is 0 Å². The predicted octanol–water partition coefficient (Wildman–Crippen LogP) is 2.01. The topological polar surface area (TPSA) is 52.9 Å². The Morgan fingerprint density at radius 2 is 2.08 bits per heavy atom. The number of carbonyl (C=O) groups is 1. The van der Waals surface area contributed by atoms with Gasteiger partial charge >= 0.3 is 0 Å². The summed E-state index contributed by atoms with van der Waals surface area (Å²) >= 11 is 0. The molecule has 1 N–H and O–H groups in total.